The standard InChI is InChI=1S/C41H66N2OS/c1-8-31(45-9-2)27-42-25-26-43-41-20-10-11-34(41)33-16-17-36-38(5)21-18-32(30-14-12-29(28-44)13-15-30)37(3,4)35(38)19-22-40(36,7)39(33,6)23-24-41/h12-15,28,31-36,42-43H,8-11,16-27H2,1-7H3/t31?,32-,33?,34+,35?,36?,38?,39+,40?,41?/m0/s1. The Labute approximate surface area is 281 Å². The average molecular weight is 635 g/mol. The second-order valence-electron chi connectivity index (χ2n) is 17.6. The molecule has 10 atom stereocenters. The second kappa shape index (κ2) is 12.9. The van der Waals surface area contributed by atoms with Crippen LogP contribution in [0.5, 0.6) is 0 Å². The van der Waals surface area contributed by atoms with Crippen LogP contribution in [-0.2, 0) is 0 Å². The molecule has 7 unspecified atom stereocenters. The van der Waals surface area contributed by atoms with Crippen LogP contribution in [0.1, 0.15) is 147 Å². The molecule has 0 aromatic heterocycles. The zero-order valence-electron chi connectivity index (χ0n) is 30.0. The van der Waals surface area contributed by atoms with Gasteiger partial charge in [-0.05, 0) is 133 Å². The van der Waals surface area contributed by atoms with Crippen molar-refractivity contribution in [1.29, 1.82) is 0 Å². The molecule has 0 heterocycles. The van der Waals surface area contributed by atoms with E-state index in [1.165, 1.54) is 88.4 Å². The lowest BCUT2D eigenvalue weighted by atomic mass is 9.32. The molecule has 2 N–H and O–H groups in total. The molecule has 3 nitrogen and oxygen atoms in total. The number of hydrogen-bond donors (Lipinski definition) is 2. The van der Waals surface area contributed by atoms with Gasteiger partial charge in [0, 0.05) is 36.0 Å². The van der Waals surface area contributed by atoms with Gasteiger partial charge in [0.2, 0.25) is 0 Å². The molecule has 1 aromatic rings. The number of thioether (sulfide) groups is 1. The number of hydrogen-bond acceptors (Lipinski definition) is 4. The van der Waals surface area contributed by atoms with Gasteiger partial charge in [0.1, 0.15) is 6.29 Å². The predicted octanol–water partition coefficient (Wildman–Crippen LogP) is 9.90. The average Bonchev–Trinajstić information content (AvgIpc) is 3.45. The van der Waals surface area contributed by atoms with Gasteiger partial charge in [-0.3, -0.25) is 4.79 Å². The molecule has 0 amide bonds. The van der Waals surface area contributed by atoms with Gasteiger partial charge in [-0.15, -0.1) is 0 Å². The minimum Gasteiger partial charge on any atom is -0.314 e. The van der Waals surface area contributed by atoms with E-state index in [-0.39, 0.29) is 5.41 Å². The Hall–Kier alpha value is -0.840. The van der Waals surface area contributed by atoms with Crippen LogP contribution in [0.2, 0.25) is 0 Å². The molecule has 5 saturated carbocycles. The van der Waals surface area contributed by atoms with Crippen molar-refractivity contribution < 1.29 is 4.79 Å². The van der Waals surface area contributed by atoms with Gasteiger partial charge < -0.3 is 10.6 Å². The van der Waals surface area contributed by atoms with E-state index in [4.69, 9.17) is 0 Å². The summed E-state index contributed by atoms with van der Waals surface area (Å²) in [6.07, 6.45) is 17.7. The van der Waals surface area contributed by atoms with E-state index in [1.807, 2.05) is 12.1 Å². The third-order valence-electron chi connectivity index (χ3n) is 15.9. The van der Waals surface area contributed by atoms with Crippen molar-refractivity contribution in [3.05, 3.63) is 35.4 Å². The topological polar surface area (TPSA) is 41.1 Å². The Balaban J connectivity index is 1.17. The molecule has 5 aliphatic carbocycles. The second-order valence-corrected chi connectivity index (χ2v) is 19.2. The summed E-state index contributed by atoms with van der Waals surface area (Å²) in [6, 6.07) is 8.59. The Bertz CT molecular complexity index is 1180. The fraction of sp³-hybridized carbons (Fsp3) is 0.829. The molecule has 0 radical (unpaired) electrons. The number of carbonyl (C=O) groups is 1. The number of benzene rings is 1. The molecule has 0 aliphatic heterocycles. The molecule has 0 spiro atoms. The van der Waals surface area contributed by atoms with Gasteiger partial charge in [0.15, 0.2) is 0 Å². The first-order valence-electron chi connectivity index (χ1n) is 19.1. The summed E-state index contributed by atoms with van der Waals surface area (Å²) >= 11 is 2.11. The fourth-order valence-corrected chi connectivity index (χ4v) is 14.4. The lowest BCUT2D eigenvalue weighted by Gasteiger charge is -2.73. The van der Waals surface area contributed by atoms with Crippen LogP contribution in [0.4, 0.5) is 0 Å². The first-order chi connectivity index (χ1) is 21.5. The molecule has 1 aromatic carbocycles. The highest BCUT2D eigenvalue weighted by atomic mass is 32.2. The van der Waals surface area contributed by atoms with E-state index in [0.29, 0.717) is 27.7 Å². The molecular formula is C41H66N2OS. The molecule has 5 aliphatic rings. The van der Waals surface area contributed by atoms with E-state index in [2.05, 4.69) is 83.0 Å². The highest BCUT2D eigenvalue weighted by Gasteiger charge is 2.69. The number of fused-ring (bicyclic) bond motifs is 7. The zero-order chi connectivity index (χ0) is 32.1. The Morgan fingerprint density at radius 3 is 2.31 bits per heavy atom. The van der Waals surface area contributed by atoms with Crippen LogP contribution in [0.25, 0.3) is 0 Å². The van der Waals surface area contributed by atoms with Crippen LogP contribution in [0.15, 0.2) is 24.3 Å². The van der Waals surface area contributed by atoms with Crippen molar-refractivity contribution in [3.63, 3.8) is 0 Å². The van der Waals surface area contributed by atoms with Crippen molar-refractivity contribution in [1.82, 2.24) is 10.6 Å². The fourth-order valence-electron chi connectivity index (χ4n) is 13.5. The van der Waals surface area contributed by atoms with Crippen LogP contribution < -0.4 is 10.6 Å². The predicted molar refractivity (Wildman–Crippen MR) is 193 cm³/mol. The smallest absolute Gasteiger partial charge is 0.150 e. The minimum absolute atomic E-state index is 0.270. The quantitative estimate of drug-likeness (QED) is 0.188. The Morgan fingerprint density at radius 1 is 0.822 bits per heavy atom. The van der Waals surface area contributed by atoms with Crippen molar-refractivity contribution in [2.45, 2.75) is 142 Å². The van der Waals surface area contributed by atoms with Crippen LogP contribution in [0.3, 0.4) is 0 Å². The van der Waals surface area contributed by atoms with E-state index >= 15 is 0 Å². The SMILES string of the molecule is CCSC(CC)CNCCNC12CCC[C@@H]1C1CCC3C4(C)CC[C@@H](c5ccc(C=O)cc5)C(C)(C)C4CCC3(C)[C@]1(C)CC2. The third-order valence-corrected chi connectivity index (χ3v) is 17.2. The van der Waals surface area contributed by atoms with Crippen LogP contribution in [0, 0.1) is 45.3 Å². The third kappa shape index (κ3) is 5.51. The normalized spacial score (nSPS) is 42.6. The summed E-state index contributed by atoms with van der Waals surface area (Å²) < 4.78 is 0. The first-order valence-corrected chi connectivity index (χ1v) is 20.2. The number of rotatable bonds is 11. The van der Waals surface area contributed by atoms with Gasteiger partial charge in [0.25, 0.3) is 0 Å². The van der Waals surface area contributed by atoms with E-state index < -0.39 is 0 Å². The van der Waals surface area contributed by atoms with Crippen molar-refractivity contribution in [2.24, 2.45) is 45.3 Å². The molecule has 0 saturated heterocycles. The van der Waals surface area contributed by atoms with E-state index in [0.717, 1.165) is 60.4 Å². The summed E-state index contributed by atoms with van der Waals surface area (Å²) in [5.41, 5.74) is 4.23. The van der Waals surface area contributed by atoms with Crippen LogP contribution >= 0.6 is 11.8 Å². The highest BCUT2D eigenvalue weighted by Crippen LogP contribution is 2.76. The van der Waals surface area contributed by atoms with Gasteiger partial charge in [-0.2, -0.15) is 11.8 Å². The molecule has 4 heteroatoms. The largest absolute Gasteiger partial charge is 0.314 e. The van der Waals surface area contributed by atoms with Crippen molar-refractivity contribution in [3.8, 4) is 0 Å². The summed E-state index contributed by atoms with van der Waals surface area (Å²) in [5.74, 6) is 5.14. The van der Waals surface area contributed by atoms with Gasteiger partial charge in [-0.25, -0.2) is 0 Å². The lowest BCUT2D eigenvalue weighted by Crippen LogP contribution is -2.68. The number of carbonyl (C=O) groups excluding carboxylic acids is 1. The maximum Gasteiger partial charge on any atom is 0.150 e. The number of nitrogens with one attached hydrogen (secondary N) is 2. The van der Waals surface area contributed by atoms with Gasteiger partial charge in [0.05, 0.1) is 0 Å². The van der Waals surface area contributed by atoms with Gasteiger partial charge in [-0.1, -0.05) is 79.2 Å². The van der Waals surface area contributed by atoms with E-state index in [1.54, 1.807) is 0 Å². The molecule has 0 bridgehead atoms. The lowest BCUT2D eigenvalue weighted by molar-refractivity contribution is -0.231. The molecule has 6 rings (SSSR count). The summed E-state index contributed by atoms with van der Waals surface area (Å²) in [7, 11) is 0. The zero-order valence-corrected chi connectivity index (χ0v) is 30.8. The minimum atomic E-state index is 0.270. The molecular weight excluding hydrogens is 569 g/mol. The van der Waals surface area contributed by atoms with E-state index in [9.17, 15) is 4.79 Å². The summed E-state index contributed by atoms with van der Waals surface area (Å²) in [6.45, 7) is 21.5. The maximum absolute atomic E-state index is 11.3. The summed E-state index contributed by atoms with van der Waals surface area (Å²) in [5, 5.41) is 8.82. The highest BCUT2D eigenvalue weighted by molar-refractivity contribution is 7.99. The van der Waals surface area contributed by atoms with Crippen molar-refractivity contribution >= 4 is 18.0 Å². The molecule has 45 heavy (non-hydrogen) atoms. The monoisotopic (exact) mass is 634 g/mol. The Morgan fingerprint density at radius 2 is 1.60 bits per heavy atom. The number of aldehydes is 1. The van der Waals surface area contributed by atoms with Gasteiger partial charge >= 0.3 is 0 Å². The molecule has 5 fully saturated rings. The first kappa shape index (κ1) is 34.0. The maximum atomic E-state index is 11.3. The summed E-state index contributed by atoms with van der Waals surface area (Å²) in [4.78, 5) is 11.3. The van der Waals surface area contributed by atoms with Crippen molar-refractivity contribution in [2.75, 3.05) is 25.4 Å². The molecule has 252 valence electrons. The Kier molecular flexibility index (Phi) is 9.75. The van der Waals surface area contributed by atoms with Crippen LogP contribution in [-0.4, -0.2) is 42.5 Å².